The van der Waals surface area contributed by atoms with Crippen molar-refractivity contribution in [3.63, 3.8) is 0 Å². The second kappa shape index (κ2) is 10.9. The number of hydrogen-bond acceptors (Lipinski definition) is 5. The molecule has 0 aliphatic heterocycles. The number of nitrogens with zero attached hydrogens (tertiary/aromatic N) is 2. The van der Waals surface area contributed by atoms with Gasteiger partial charge >= 0.3 is 0 Å². The highest BCUT2D eigenvalue weighted by Gasteiger charge is 2.20. The lowest BCUT2D eigenvalue weighted by atomic mass is 10.4. The molecule has 0 aliphatic rings. The highest BCUT2D eigenvalue weighted by molar-refractivity contribution is 4.58. The van der Waals surface area contributed by atoms with E-state index < -0.39 is 18.7 Å². The number of aliphatic hydroxyl groups excluding tert-OH is 3. The van der Waals surface area contributed by atoms with Crippen LogP contribution in [0.3, 0.4) is 0 Å². The van der Waals surface area contributed by atoms with Gasteiger partial charge in [-0.1, -0.05) is 20.8 Å². The number of rotatable bonds is 6. The molecule has 3 atom stereocenters. The Morgan fingerprint density at radius 3 is 0.941 bits per heavy atom. The predicted molar refractivity (Wildman–Crippen MR) is 70.3 cm³/mol. The molecule has 0 aromatic heterocycles. The van der Waals surface area contributed by atoms with Gasteiger partial charge in [-0.25, -0.2) is 4.90 Å². The van der Waals surface area contributed by atoms with Crippen molar-refractivity contribution in [1.29, 1.82) is 0 Å². The summed E-state index contributed by atoms with van der Waals surface area (Å²) in [5.74, 6) is 0. The van der Waals surface area contributed by atoms with Crippen LogP contribution in [0.25, 0.3) is 0 Å². The lowest BCUT2D eigenvalue weighted by Gasteiger charge is -2.30. The standard InChI is InChI=1S/C6H15NO3.C6H15N/c1-4(8)7(5(2)9)6(3)10;1-4-7(5-2)6-3/h4-6,8-10H,1-3H3;4-6H2,1-3H3. The quantitative estimate of drug-likeness (QED) is 0.604. The number of aliphatic hydroxyl groups is 3. The van der Waals surface area contributed by atoms with E-state index in [1.807, 2.05) is 0 Å². The average molecular weight is 250 g/mol. The van der Waals surface area contributed by atoms with Crippen molar-refractivity contribution in [2.75, 3.05) is 19.6 Å². The van der Waals surface area contributed by atoms with Gasteiger partial charge in [-0.05, 0) is 40.4 Å². The molecule has 3 unspecified atom stereocenters. The Bertz CT molecular complexity index is 135. The van der Waals surface area contributed by atoms with Crippen LogP contribution in [0.5, 0.6) is 0 Å². The minimum Gasteiger partial charge on any atom is -0.379 e. The van der Waals surface area contributed by atoms with E-state index in [1.54, 1.807) is 0 Å². The van der Waals surface area contributed by atoms with E-state index in [-0.39, 0.29) is 0 Å². The molecule has 0 heterocycles. The van der Waals surface area contributed by atoms with Crippen LogP contribution in [0.2, 0.25) is 0 Å². The largest absolute Gasteiger partial charge is 0.379 e. The molecule has 0 saturated heterocycles. The summed E-state index contributed by atoms with van der Waals surface area (Å²) in [4.78, 5) is 3.54. The van der Waals surface area contributed by atoms with Gasteiger partial charge < -0.3 is 20.2 Å². The molecule has 0 aromatic rings. The number of hydrogen-bond donors (Lipinski definition) is 3. The first kappa shape index (κ1) is 19.1. The van der Waals surface area contributed by atoms with Crippen LogP contribution in [0.1, 0.15) is 41.5 Å². The average Bonchev–Trinajstić information content (AvgIpc) is 2.19. The molecule has 5 nitrogen and oxygen atoms in total. The Kier molecular flexibility index (Phi) is 12.3. The van der Waals surface area contributed by atoms with Gasteiger partial charge in [0, 0.05) is 0 Å². The lowest BCUT2D eigenvalue weighted by Crippen LogP contribution is -2.45. The lowest BCUT2D eigenvalue weighted by molar-refractivity contribution is -0.159. The van der Waals surface area contributed by atoms with E-state index in [2.05, 4.69) is 25.7 Å². The molecule has 0 saturated carbocycles. The molecule has 5 heteroatoms. The van der Waals surface area contributed by atoms with Gasteiger partial charge in [0.2, 0.25) is 0 Å². The third kappa shape index (κ3) is 9.50. The van der Waals surface area contributed by atoms with Crippen molar-refractivity contribution < 1.29 is 15.3 Å². The maximum Gasteiger partial charge on any atom is 0.108 e. The molecule has 0 radical (unpaired) electrons. The van der Waals surface area contributed by atoms with Crippen LogP contribution < -0.4 is 0 Å². The summed E-state index contributed by atoms with van der Waals surface area (Å²) >= 11 is 0. The maximum absolute atomic E-state index is 8.96. The van der Waals surface area contributed by atoms with Gasteiger partial charge in [-0.15, -0.1) is 0 Å². The van der Waals surface area contributed by atoms with Crippen LogP contribution in [0.4, 0.5) is 0 Å². The van der Waals surface area contributed by atoms with Crippen molar-refractivity contribution in [2.45, 2.75) is 60.2 Å². The first-order chi connectivity index (χ1) is 7.81. The Morgan fingerprint density at radius 1 is 0.706 bits per heavy atom. The van der Waals surface area contributed by atoms with Crippen molar-refractivity contribution in [2.24, 2.45) is 0 Å². The van der Waals surface area contributed by atoms with Gasteiger partial charge in [0.1, 0.15) is 18.7 Å². The van der Waals surface area contributed by atoms with E-state index >= 15 is 0 Å². The Morgan fingerprint density at radius 2 is 0.941 bits per heavy atom. The van der Waals surface area contributed by atoms with Crippen molar-refractivity contribution >= 4 is 0 Å². The van der Waals surface area contributed by atoms with Crippen LogP contribution in [-0.4, -0.2) is 63.4 Å². The summed E-state index contributed by atoms with van der Waals surface area (Å²) in [6.07, 6.45) is -2.50. The van der Waals surface area contributed by atoms with Crippen molar-refractivity contribution in [3.05, 3.63) is 0 Å². The zero-order valence-electron chi connectivity index (χ0n) is 12.1. The van der Waals surface area contributed by atoms with Crippen LogP contribution in [0.15, 0.2) is 0 Å². The van der Waals surface area contributed by atoms with E-state index in [4.69, 9.17) is 15.3 Å². The molecule has 3 N–H and O–H groups in total. The van der Waals surface area contributed by atoms with Crippen molar-refractivity contribution in [3.8, 4) is 0 Å². The molecule has 0 spiro atoms. The van der Waals surface area contributed by atoms with Crippen LogP contribution in [-0.2, 0) is 0 Å². The monoisotopic (exact) mass is 250 g/mol. The highest BCUT2D eigenvalue weighted by Crippen LogP contribution is 2.04. The summed E-state index contributed by atoms with van der Waals surface area (Å²) in [5.41, 5.74) is 0. The van der Waals surface area contributed by atoms with Gasteiger partial charge in [0.15, 0.2) is 0 Å². The van der Waals surface area contributed by atoms with E-state index in [1.165, 1.54) is 45.3 Å². The molecular formula is C12H30N2O3. The summed E-state index contributed by atoms with van der Waals surface area (Å²) in [7, 11) is 0. The topological polar surface area (TPSA) is 67.2 Å². The maximum atomic E-state index is 8.96. The minimum atomic E-state index is -0.833. The molecule has 0 bridgehead atoms. The Balaban J connectivity index is 0. The minimum absolute atomic E-state index is 0.833. The van der Waals surface area contributed by atoms with E-state index in [0.717, 1.165) is 0 Å². The summed E-state index contributed by atoms with van der Waals surface area (Å²) in [5, 5.41) is 26.9. The Labute approximate surface area is 106 Å². The predicted octanol–water partition coefficient (Wildman–Crippen LogP) is 0.651. The molecule has 0 fully saturated rings. The zero-order valence-corrected chi connectivity index (χ0v) is 12.1. The van der Waals surface area contributed by atoms with Crippen molar-refractivity contribution in [1.82, 2.24) is 9.80 Å². The molecule has 0 amide bonds. The SMILES string of the molecule is CC(O)N(C(C)O)C(C)O.CCN(CC)CC. The fraction of sp³-hybridized carbons (Fsp3) is 1.00. The third-order valence-corrected chi connectivity index (χ3v) is 2.64. The highest BCUT2D eigenvalue weighted by atomic mass is 16.4. The van der Waals surface area contributed by atoms with Gasteiger partial charge in [0.25, 0.3) is 0 Å². The molecular weight excluding hydrogens is 220 g/mol. The zero-order chi connectivity index (χ0) is 14.0. The first-order valence-electron chi connectivity index (χ1n) is 6.35. The molecule has 0 rings (SSSR count). The Hall–Kier alpha value is -0.200. The van der Waals surface area contributed by atoms with Crippen LogP contribution in [0, 0.1) is 0 Å². The second-order valence-corrected chi connectivity index (χ2v) is 3.96. The molecule has 17 heavy (non-hydrogen) atoms. The van der Waals surface area contributed by atoms with Gasteiger partial charge in [0.05, 0.1) is 0 Å². The van der Waals surface area contributed by atoms with E-state index in [9.17, 15) is 0 Å². The fourth-order valence-electron chi connectivity index (χ4n) is 1.61. The first-order valence-corrected chi connectivity index (χ1v) is 6.35. The fourth-order valence-corrected chi connectivity index (χ4v) is 1.61. The van der Waals surface area contributed by atoms with Gasteiger partial charge in [-0.2, -0.15) is 0 Å². The molecule has 106 valence electrons. The van der Waals surface area contributed by atoms with E-state index in [0.29, 0.717) is 0 Å². The summed E-state index contributed by atoms with van der Waals surface area (Å²) in [6.45, 7) is 14.6. The second-order valence-electron chi connectivity index (χ2n) is 3.96. The summed E-state index contributed by atoms with van der Waals surface area (Å²) in [6, 6.07) is 0. The van der Waals surface area contributed by atoms with Gasteiger partial charge in [-0.3, -0.25) is 0 Å². The molecule has 0 aromatic carbocycles. The molecule has 0 aliphatic carbocycles. The summed E-state index contributed by atoms with van der Waals surface area (Å²) < 4.78 is 0. The normalized spacial score (nSPS) is 16.4. The smallest absolute Gasteiger partial charge is 0.108 e. The third-order valence-electron chi connectivity index (χ3n) is 2.64. The van der Waals surface area contributed by atoms with Crippen LogP contribution >= 0.6 is 0 Å².